The average molecular weight is 452 g/mol. The smallest absolute Gasteiger partial charge is 0.341 e. The number of hydrogen-bond donors (Lipinski definition) is 4. The first kappa shape index (κ1) is 25.6. The van der Waals surface area contributed by atoms with Gasteiger partial charge in [-0.2, -0.15) is 0 Å². The zero-order valence-corrected chi connectivity index (χ0v) is 16.5. The van der Waals surface area contributed by atoms with E-state index in [1.807, 2.05) is 0 Å². The monoisotopic (exact) mass is 452 g/mol. The number of aliphatic carboxylic acids is 4. The first-order valence-electron chi connectivity index (χ1n) is 8.75. The highest BCUT2D eigenvalue weighted by Crippen LogP contribution is 2.26. The third-order valence-electron chi connectivity index (χ3n) is 3.08. The van der Waals surface area contributed by atoms with Gasteiger partial charge in [0.25, 0.3) is 0 Å². The standard InChI is InChI=1S/2C10H10O6/c11-9(12)5-15-7-2-1-3-8(4-7)16-6-10(13)14;11-9(12)5-15-7-3-1-2-4-8(7)16-6-10(13)14/h2*1-4H,5-6H2,(H,11,12)(H,13,14). The summed E-state index contributed by atoms with van der Waals surface area (Å²) in [5.41, 5.74) is 0. The van der Waals surface area contributed by atoms with Gasteiger partial charge >= 0.3 is 23.9 Å². The molecule has 0 atom stereocenters. The maximum Gasteiger partial charge on any atom is 0.341 e. The topological polar surface area (TPSA) is 186 Å². The summed E-state index contributed by atoms with van der Waals surface area (Å²) >= 11 is 0. The van der Waals surface area contributed by atoms with Crippen molar-refractivity contribution in [2.45, 2.75) is 0 Å². The lowest BCUT2D eigenvalue weighted by Gasteiger charge is -2.09. The van der Waals surface area contributed by atoms with Crippen molar-refractivity contribution < 1.29 is 58.6 Å². The molecular formula is C20H20O12. The van der Waals surface area contributed by atoms with E-state index < -0.39 is 50.3 Å². The van der Waals surface area contributed by atoms with Crippen molar-refractivity contribution in [1.82, 2.24) is 0 Å². The predicted octanol–water partition coefficient (Wildman–Crippen LogP) is 1.23. The second-order valence-electron chi connectivity index (χ2n) is 5.65. The van der Waals surface area contributed by atoms with Crippen LogP contribution in [0.3, 0.4) is 0 Å². The van der Waals surface area contributed by atoms with Crippen LogP contribution in [0.2, 0.25) is 0 Å². The number of rotatable bonds is 12. The van der Waals surface area contributed by atoms with Crippen molar-refractivity contribution in [1.29, 1.82) is 0 Å². The van der Waals surface area contributed by atoms with Crippen LogP contribution in [-0.2, 0) is 19.2 Å². The lowest BCUT2D eigenvalue weighted by Crippen LogP contribution is -2.12. The van der Waals surface area contributed by atoms with E-state index in [0.29, 0.717) is 11.5 Å². The number of ether oxygens (including phenoxy) is 4. The maximum absolute atomic E-state index is 10.3. The molecule has 0 unspecified atom stereocenters. The van der Waals surface area contributed by atoms with E-state index in [1.165, 1.54) is 18.2 Å². The molecule has 12 heteroatoms. The second-order valence-corrected chi connectivity index (χ2v) is 5.65. The summed E-state index contributed by atoms with van der Waals surface area (Å²) in [5.74, 6) is -3.39. The van der Waals surface area contributed by atoms with Gasteiger partial charge in [0.05, 0.1) is 0 Å². The van der Waals surface area contributed by atoms with Gasteiger partial charge in [0, 0.05) is 6.07 Å². The summed E-state index contributed by atoms with van der Waals surface area (Å²) < 4.78 is 19.6. The molecule has 4 N–H and O–H groups in total. The van der Waals surface area contributed by atoms with Gasteiger partial charge in [-0.3, -0.25) is 0 Å². The largest absolute Gasteiger partial charge is 0.482 e. The minimum Gasteiger partial charge on any atom is -0.482 e. The van der Waals surface area contributed by atoms with Crippen LogP contribution < -0.4 is 18.9 Å². The Labute approximate surface area is 181 Å². The highest BCUT2D eigenvalue weighted by Gasteiger charge is 2.08. The Balaban J connectivity index is 0.000000320. The van der Waals surface area contributed by atoms with Gasteiger partial charge < -0.3 is 39.4 Å². The number of benzene rings is 2. The Morgan fingerprint density at radius 2 is 0.875 bits per heavy atom. The third-order valence-corrected chi connectivity index (χ3v) is 3.08. The van der Waals surface area contributed by atoms with Crippen LogP contribution in [-0.4, -0.2) is 70.7 Å². The lowest BCUT2D eigenvalue weighted by molar-refractivity contribution is -0.140. The van der Waals surface area contributed by atoms with Crippen LogP contribution in [0.5, 0.6) is 23.0 Å². The Morgan fingerprint density at radius 1 is 0.531 bits per heavy atom. The normalized spacial score (nSPS) is 9.50. The summed E-state index contributed by atoms with van der Waals surface area (Å²) in [7, 11) is 0. The molecule has 12 nitrogen and oxygen atoms in total. The fourth-order valence-electron chi connectivity index (χ4n) is 1.91. The van der Waals surface area contributed by atoms with Crippen molar-refractivity contribution in [3.63, 3.8) is 0 Å². The van der Waals surface area contributed by atoms with Gasteiger partial charge in [-0.15, -0.1) is 0 Å². The van der Waals surface area contributed by atoms with Crippen LogP contribution in [0.25, 0.3) is 0 Å². The zero-order valence-electron chi connectivity index (χ0n) is 16.5. The molecule has 0 bridgehead atoms. The summed E-state index contributed by atoms with van der Waals surface area (Å²) in [6.07, 6.45) is 0. The van der Waals surface area contributed by atoms with Crippen molar-refractivity contribution in [2.24, 2.45) is 0 Å². The van der Waals surface area contributed by atoms with E-state index in [9.17, 15) is 19.2 Å². The Hall–Kier alpha value is -4.48. The molecule has 0 fully saturated rings. The molecule has 0 heterocycles. The van der Waals surface area contributed by atoms with Gasteiger partial charge in [-0.25, -0.2) is 19.2 Å². The molecule has 2 rings (SSSR count). The molecule has 0 aromatic heterocycles. The van der Waals surface area contributed by atoms with Crippen LogP contribution in [0.1, 0.15) is 0 Å². The minimum atomic E-state index is -1.12. The fraction of sp³-hybridized carbons (Fsp3) is 0.200. The summed E-state index contributed by atoms with van der Waals surface area (Å²) in [6, 6.07) is 12.4. The van der Waals surface area contributed by atoms with Crippen molar-refractivity contribution in [3.05, 3.63) is 48.5 Å². The third kappa shape index (κ3) is 11.5. The van der Waals surface area contributed by atoms with Crippen molar-refractivity contribution in [3.8, 4) is 23.0 Å². The van der Waals surface area contributed by atoms with Crippen LogP contribution >= 0.6 is 0 Å². The fourth-order valence-corrected chi connectivity index (χ4v) is 1.91. The van der Waals surface area contributed by atoms with E-state index in [1.54, 1.807) is 30.3 Å². The summed E-state index contributed by atoms with van der Waals surface area (Å²) in [6.45, 7) is -1.92. The molecule has 0 saturated heterocycles. The van der Waals surface area contributed by atoms with E-state index >= 15 is 0 Å². The second kappa shape index (κ2) is 13.7. The first-order chi connectivity index (χ1) is 15.2. The predicted molar refractivity (Wildman–Crippen MR) is 105 cm³/mol. The molecule has 2 aromatic carbocycles. The lowest BCUT2D eigenvalue weighted by atomic mass is 10.3. The number of carboxylic acid groups (broad SMARTS) is 4. The van der Waals surface area contributed by atoms with Crippen LogP contribution in [0.15, 0.2) is 48.5 Å². The highest BCUT2D eigenvalue weighted by atomic mass is 16.5. The molecule has 0 saturated carbocycles. The molecule has 0 radical (unpaired) electrons. The van der Waals surface area contributed by atoms with Crippen LogP contribution in [0.4, 0.5) is 0 Å². The molecule has 0 aliphatic carbocycles. The molecule has 32 heavy (non-hydrogen) atoms. The van der Waals surface area contributed by atoms with Gasteiger partial charge in [0.1, 0.15) is 11.5 Å². The summed E-state index contributed by atoms with van der Waals surface area (Å²) in [5, 5.41) is 33.6. The van der Waals surface area contributed by atoms with E-state index in [4.69, 9.17) is 39.4 Å². The molecular weight excluding hydrogens is 432 g/mol. The van der Waals surface area contributed by atoms with Gasteiger partial charge in [-0.05, 0) is 24.3 Å². The van der Waals surface area contributed by atoms with Crippen molar-refractivity contribution in [2.75, 3.05) is 26.4 Å². The number of hydrogen-bond acceptors (Lipinski definition) is 8. The molecule has 0 amide bonds. The Kier molecular flexibility index (Phi) is 10.9. The Morgan fingerprint density at radius 3 is 1.22 bits per heavy atom. The van der Waals surface area contributed by atoms with E-state index in [0.717, 1.165) is 0 Å². The maximum atomic E-state index is 10.3. The van der Waals surface area contributed by atoms with Gasteiger partial charge in [0.2, 0.25) is 0 Å². The molecule has 172 valence electrons. The number of carboxylic acids is 4. The molecule has 0 spiro atoms. The zero-order chi connectivity index (χ0) is 23.9. The van der Waals surface area contributed by atoms with E-state index in [-0.39, 0.29) is 11.5 Å². The average Bonchev–Trinajstić information content (AvgIpc) is 2.74. The molecule has 2 aromatic rings. The number of carbonyl (C=O) groups is 4. The van der Waals surface area contributed by atoms with Crippen LogP contribution in [0, 0.1) is 0 Å². The molecule has 0 aliphatic rings. The quantitative estimate of drug-likeness (QED) is 0.361. The van der Waals surface area contributed by atoms with Gasteiger partial charge in [0.15, 0.2) is 37.9 Å². The Bertz CT molecular complexity index is 854. The minimum absolute atomic E-state index is 0.200. The first-order valence-corrected chi connectivity index (χ1v) is 8.75. The highest BCUT2D eigenvalue weighted by molar-refractivity contribution is 5.70. The van der Waals surface area contributed by atoms with Gasteiger partial charge in [-0.1, -0.05) is 18.2 Å². The summed E-state index contributed by atoms with van der Waals surface area (Å²) in [4.78, 5) is 41.1. The SMILES string of the molecule is O=C(O)COc1cccc(OCC(=O)O)c1.O=C(O)COc1ccccc1OCC(=O)O. The molecule has 0 aliphatic heterocycles. The number of para-hydroxylation sites is 2. The van der Waals surface area contributed by atoms with E-state index in [2.05, 4.69) is 0 Å². The van der Waals surface area contributed by atoms with Crippen molar-refractivity contribution >= 4 is 23.9 Å².